The molecule has 5 rings (SSSR count). The van der Waals surface area contributed by atoms with Crippen molar-refractivity contribution in [1.82, 2.24) is 0 Å². The fraction of sp³-hybridized carbons (Fsp3) is 0.212. The zero-order valence-electron chi connectivity index (χ0n) is 21.8. The lowest BCUT2D eigenvalue weighted by atomic mass is 10.1. The van der Waals surface area contributed by atoms with Gasteiger partial charge in [-0.3, -0.25) is 0 Å². The molecule has 1 fully saturated rings. The zero-order valence-corrected chi connectivity index (χ0v) is 22.7. The summed E-state index contributed by atoms with van der Waals surface area (Å²) in [7, 11) is 0. The van der Waals surface area contributed by atoms with E-state index in [2.05, 4.69) is 0 Å². The number of ether oxygens (including phenoxy) is 4. The molecule has 4 aromatic rings. The van der Waals surface area contributed by atoms with E-state index in [0.29, 0.717) is 30.9 Å². The smallest absolute Gasteiger partial charge is 0.339 e. The Hall–Kier alpha value is -3.91. The second-order valence-corrected chi connectivity index (χ2v) is 10.7. The fourth-order valence-electron chi connectivity index (χ4n) is 4.39. The summed E-state index contributed by atoms with van der Waals surface area (Å²) in [5.41, 5.74) is 2.07. The van der Waals surface area contributed by atoms with Crippen LogP contribution in [0.2, 0.25) is 0 Å². The molecule has 1 heterocycles. The Morgan fingerprint density at radius 3 is 1.60 bits per heavy atom. The number of esters is 2. The Labute approximate surface area is 238 Å². The van der Waals surface area contributed by atoms with E-state index in [1.807, 2.05) is 72.8 Å². The highest BCUT2D eigenvalue weighted by Crippen LogP contribution is 2.40. The maximum Gasteiger partial charge on any atom is 0.339 e. The minimum absolute atomic E-state index is 0.255. The molecule has 6 nitrogen and oxygen atoms in total. The van der Waals surface area contributed by atoms with Crippen LogP contribution in [-0.2, 0) is 32.2 Å². The third-order valence-electron chi connectivity index (χ3n) is 6.43. The first-order valence-corrected chi connectivity index (χ1v) is 14.1. The molecule has 1 aliphatic heterocycles. The van der Waals surface area contributed by atoms with Crippen LogP contribution in [0, 0.1) is 0 Å². The van der Waals surface area contributed by atoms with E-state index in [1.54, 1.807) is 48.5 Å². The normalized spacial score (nSPS) is 20.1. The molecule has 0 N–H and O–H groups in total. The maximum absolute atomic E-state index is 13.2. The number of thioether (sulfide) groups is 1. The van der Waals surface area contributed by atoms with Gasteiger partial charge in [0, 0.05) is 0 Å². The standard InChI is InChI=1S/C33H30O6S/c34-31(26-17-9-3-10-18-26)38-30-29(37-22-25-15-7-2-8-16-25)28(23-36-21-24-13-5-1-6-14-24)40-33(30)39-32(35)27-19-11-4-12-20-27/h1-20,28-30,33H,21-23H2/t28-,29-,30+,33?/m1/s1. The summed E-state index contributed by atoms with van der Waals surface area (Å²) < 4.78 is 24.4. The van der Waals surface area contributed by atoms with Crippen LogP contribution in [0.25, 0.3) is 0 Å². The second-order valence-electron chi connectivity index (χ2n) is 9.31. The molecule has 0 aromatic heterocycles. The number of benzene rings is 4. The molecular weight excluding hydrogens is 524 g/mol. The number of hydrogen-bond acceptors (Lipinski definition) is 7. The maximum atomic E-state index is 13.2. The lowest BCUT2D eigenvalue weighted by molar-refractivity contribution is -0.0839. The van der Waals surface area contributed by atoms with Crippen LogP contribution in [0.5, 0.6) is 0 Å². The topological polar surface area (TPSA) is 71.1 Å². The minimum atomic E-state index is -0.848. The van der Waals surface area contributed by atoms with Gasteiger partial charge in [0.15, 0.2) is 11.5 Å². The fourth-order valence-corrected chi connectivity index (χ4v) is 5.81. The number of hydrogen-bond donors (Lipinski definition) is 0. The molecule has 0 radical (unpaired) electrons. The van der Waals surface area contributed by atoms with E-state index in [1.165, 1.54) is 11.8 Å². The highest BCUT2D eigenvalue weighted by molar-refractivity contribution is 8.00. The van der Waals surface area contributed by atoms with Gasteiger partial charge in [0.25, 0.3) is 0 Å². The van der Waals surface area contributed by atoms with Gasteiger partial charge < -0.3 is 18.9 Å². The lowest BCUT2D eigenvalue weighted by Crippen LogP contribution is -2.41. The quantitative estimate of drug-likeness (QED) is 0.201. The third-order valence-corrected chi connectivity index (χ3v) is 7.82. The predicted molar refractivity (Wildman–Crippen MR) is 154 cm³/mol. The van der Waals surface area contributed by atoms with Gasteiger partial charge in [0.05, 0.1) is 36.2 Å². The van der Waals surface area contributed by atoms with E-state index in [4.69, 9.17) is 18.9 Å². The van der Waals surface area contributed by atoms with Crippen molar-refractivity contribution >= 4 is 23.7 Å². The lowest BCUT2D eigenvalue weighted by Gasteiger charge is -2.26. The molecule has 7 heteroatoms. The Kier molecular flexibility index (Phi) is 9.63. The van der Waals surface area contributed by atoms with Gasteiger partial charge in [-0.1, -0.05) is 97.1 Å². The molecule has 1 saturated heterocycles. The van der Waals surface area contributed by atoms with Crippen LogP contribution in [0.15, 0.2) is 121 Å². The molecule has 0 amide bonds. The predicted octanol–water partition coefficient (Wildman–Crippen LogP) is 6.31. The third kappa shape index (κ3) is 7.39. The summed E-state index contributed by atoms with van der Waals surface area (Å²) in [4.78, 5) is 26.2. The molecule has 1 unspecified atom stereocenters. The van der Waals surface area contributed by atoms with Crippen LogP contribution in [0.1, 0.15) is 31.8 Å². The molecule has 0 saturated carbocycles. The Morgan fingerprint density at radius 2 is 1.05 bits per heavy atom. The van der Waals surface area contributed by atoms with Crippen LogP contribution in [0.3, 0.4) is 0 Å². The van der Waals surface area contributed by atoms with E-state index in [0.717, 1.165) is 11.1 Å². The monoisotopic (exact) mass is 554 g/mol. The molecular formula is C33H30O6S. The Morgan fingerprint density at radius 1 is 0.575 bits per heavy atom. The van der Waals surface area contributed by atoms with Crippen molar-refractivity contribution in [1.29, 1.82) is 0 Å². The summed E-state index contributed by atoms with van der Waals surface area (Å²) in [6.45, 7) is 1.05. The first-order chi connectivity index (χ1) is 19.7. The zero-order chi connectivity index (χ0) is 27.6. The highest BCUT2D eigenvalue weighted by atomic mass is 32.2. The van der Waals surface area contributed by atoms with Gasteiger partial charge in [0.2, 0.25) is 0 Å². The molecule has 204 valence electrons. The van der Waals surface area contributed by atoms with E-state index in [-0.39, 0.29) is 5.25 Å². The Balaban J connectivity index is 1.38. The van der Waals surface area contributed by atoms with Crippen LogP contribution < -0.4 is 0 Å². The molecule has 40 heavy (non-hydrogen) atoms. The summed E-state index contributed by atoms with van der Waals surface area (Å²) in [6, 6.07) is 37.2. The number of carbonyl (C=O) groups excluding carboxylic acids is 2. The first kappa shape index (κ1) is 27.6. The highest BCUT2D eigenvalue weighted by Gasteiger charge is 2.50. The minimum Gasteiger partial charge on any atom is -0.451 e. The molecule has 0 bridgehead atoms. The summed E-state index contributed by atoms with van der Waals surface area (Å²) in [5, 5.41) is -0.255. The van der Waals surface area contributed by atoms with Gasteiger partial charge in [-0.2, -0.15) is 0 Å². The number of rotatable bonds is 11. The largest absolute Gasteiger partial charge is 0.451 e. The van der Waals surface area contributed by atoms with Crippen molar-refractivity contribution in [2.75, 3.05) is 6.61 Å². The van der Waals surface area contributed by atoms with E-state index in [9.17, 15) is 9.59 Å². The van der Waals surface area contributed by atoms with Gasteiger partial charge in [-0.25, -0.2) is 9.59 Å². The molecule has 0 spiro atoms. The van der Waals surface area contributed by atoms with Crippen molar-refractivity contribution in [2.45, 2.75) is 36.1 Å². The average Bonchev–Trinajstić information content (AvgIpc) is 3.32. The Bertz CT molecular complexity index is 1350. The number of carbonyl (C=O) groups is 2. The van der Waals surface area contributed by atoms with E-state index < -0.39 is 29.6 Å². The van der Waals surface area contributed by atoms with Gasteiger partial charge in [-0.15, -0.1) is 11.8 Å². The SMILES string of the molecule is O=C(OC1S[C@H](COCc2ccccc2)[C@@H](OCc2ccccc2)[C@@H]1OC(=O)c1ccccc1)c1ccccc1. The first-order valence-electron chi connectivity index (χ1n) is 13.1. The van der Waals surface area contributed by atoms with Crippen molar-refractivity contribution in [2.24, 2.45) is 0 Å². The van der Waals surface area contributed by atoms with Crippen molar-refractivity contribution in [3.63, 3.8) is 0 Å². The van der Waals surface area contributed by atoms with Gasteiger partial charge in [-0.05, 0) is 35.4 Å². The summed E-state index contributed by atoms with van der Waals surface area (Å²) in [6.07, 6.45) is -1.43. The molecule has 4 aromatic carbocycles. The molecule has 0 aliphatic carbocycles. The van der Waals surface area contributed by atoms with E-state index >= 15 is 0 Å². The van der Waals surface area contributed by atoms with Crippen molar-refractivity contribution < 1.29 is 28.5 Å². The van der Waals surface area contributed by atoms with Gasteiger partial charge >= 0.3 is 11.9 Å². The summed E-state index contributed by atoms with van der Waals surface area (Å²) in [5.74, 6) is -1.00. The van der Waals surface area contributed by atoms with Crippen LogP contribution in [0.4, 0.5) is 0 Å². The molecule has 1 aliphatic rings. The molecule has 4 atom stereocenters. The van der Waals surface area contributed by atoms with Crippen LogP contribution in [-0.4, -0.2) is 41.4 Å². The van der Waals surface area contributed by atoms with Crippen LogP contribution >= 0.6 is 11.8 Å². The van der Waals surface area contributed by atoms with Crippen molar-refractivity contribution in [3.8, 4) is 0 Å². The van der Waals surface area contributed by atoms with Gasteiger partial charge in [0.1, 0.15) is 6.10 Å². The summed E-state index contributed by atoms with van der Waals surface area (Å²) >= 11 is 1.39. The average molecular weight is 555 g/mol. The second kappa shape index (κ2) is 13.9. The van der Waals surface area contributed by atoms with Crippen molar-refractivity contribution in [3.05, 3.63) is 144 Å².